The van der Waals surface area contributed by atoms with E-state index in [-0.39, 0.29) is 12.4 Å². The third-order valence-corrected chi connectivity index (χ3v) is 5.83. The van der Waals surface area contributed by atoms with Gasteiger partial charge in [-0.1, -0.05) is 18.6 Å². The maximum atomic E-state index is 11.7. The van der Waals surface area contributed by atoms with Gasteiger partial charge in [0.15, 0.2) is 0 Å². The molecule has 1 N–H and O–H groups in total. The minimum atomic E-state index is -0.713. The Hall–Kier alpha value is -0.770. The van der Waals surface area contributed by atoms with E-state index in [9.17, 15) is 5.11 Å². The molecule has 0 spiro atoms. The van der Waals surface area contributed by atoms with Gasteiger partial charge in [-0.15, -0.1) is 12.4 Å². The topological polar surface area (TPSA) is 32.7 Å². The molecule has 0 radical (unpaired) electrons. The second-order valence-corrected chi connectivity index (χ2v) is 7.62. The van der Waals surface area contributed by atoms with E-state index in [1.165, 1.54) is 19.3 Å². The van der Waals surface area contributed by atoms with Gasteiger partial charge in [0.25, 0.3) is 0 Å². The van der Waals surface area contributed by atoms with Crippen molar-refractivity contribution in [2.45, 2.75) is 38.2 Å². The van der Waals surface area contributed by atoms with E-state index >= 15 is 0 Å². The third-order valence-electron chi connectivity index (χ3n) is 5.83. The summed E-state index contributed by atoms with van der Waals surface area (Å²) in [6.07, 6.45) is 4.74. The maximum Gasteiger partial charge on any atom is 0.122 e. The Morgan fingerprint density at radius 2 is 2.04 bits per heavy atom. The molecule has 4 unspecified atom stereocenters. The van der Waals surface area contributed by atoms with E-state index in [0.29, 0.717) is 17.8 Å². The third kappa shape index (κ3) is 3.38. The van der Waals surface area contributed by atoms with Crippen molar-refractivity contribution in [1.29, 1.82) is 0 Å². The summed E-state index contributed by atoms with van der Waals surface area (Å²) in [5.74, 6) is 2.53. The average molecular weight is 340 g/mol. The quantitative estimate of drug-likeness (QED) is 0.909. The van der Waals surface area contributed by atoms with Crippen LogP contribution in [0.3, 0.4) is 0 Å². The molecule has 3 nitrogen and oxygen atoms in total. The summed E-state index contributed by atoms with van der Waals surface area (Å²) in [5, 5.41) is 11.7. The number of ether oxygens (including phenoxy) is 1. The first-order valence-corrected chi connectivity index (χ1v) is 8.46. The lowest BCUT2D eigenvalue weighted by Crippen LogP contribution is -2.47. The first-order valence-electron chi connectivity index (χ1n) is 8.46. The molecule has 0 saturated heterocycles. The summed E-state index contributed by atoms with van der Waals surface area (Å²) in [7, 11) is 5.92. The van der Waals surface area contributed by atoms with Gasteiger partial charge in [0.05, 0.1) is 12.7 Å². The van der Waals surface area contributed by atoms with Crippen LogP contribution in [0.1, 0.15) is 36.8 Å². The van der Waals surface area contributed by atoms with Gasteiger partial charge in [0.1, 0.15) is 5.75 Å². The van der Waals surface area contributed by atoms with Crippen LogP contribution in [0.4, 0.5) is 0 Å². The van der Waals surface area contributed by atoms with Gasteiger partial charge in [-0.3, -0.25) is 0 Å². The van der Waals surface area contributed by atoms with E-state index in [2.05, 4.69) is 44.1 Å². The highest BCUT2D eigenvalue weighted by atomic mass is 35.5. The Morgan fingerprint density at radius 3 is 2.70 bits per heavy atom. The van der Waals surface area contributed by atoms with Crippen LogP contribution in [-0.2, 0) is 5.60 Å². The molecule has 0 aliphatic heterocycles. The van der Waals surface area contributed by atoms with Crippen LogP contribution >= 0.6 is 12.4 Å². The minimum Gasteiger partial charge on any atom is -0.496 e. The summed E-state index contributed by atoms with van der Waals surface area (Å²) in [4.78, 5) is 2.22. The predicted molar refractivity (Wildman–Crippen MR) is 96.4 cm³/mol. The largest absolute Gasteiger partial charge is 0.496 e. The Bertz CT molecular complexity index is 548. The number of nitrogens with zero attached hydrogens (tertiary/aromatic N) is 1. The molecule has 2 aliphatic carbocycles. The van der Waals surface area contributed by atoms with Crippen molar-refractivity contribution in [2.75, 3.05) is 27.7 Å². The lowest BCUT2D eigenvalue weighted by molar-refractivity contribution is -0.0892. The Balaban J connectivity index is 0.00000192. The second-order valence-electron chi connectivity index (χ2n) is 7.62. The number of halogens is 1. The van der Waals surface area contributed by atoms with Crippen LogP contribution in [0.5, 0.6) is 5.75 Å². The van der Waals surface area contributed by atoms with Crippen LogP contribution in [0.25, 0.3) is 0 Å². The smallest absolute Gasteiger partial charge is 0.122 e. The molecule has 0 amide bonds. The first kappa shape index (κ1) is 18.6. The fourth-order valence-electron chi connectivity index (χ4n) is 4.76. The monoisotopic (exact) mass is 339 g/mol. The fourth-order valence-corrected chi connectivity index (χ4v) is 4.76. The van der Waals surface area contributed by atoms with E-state index in [1.807, 2.05) is 0 Å². The van der Waals surface area contributed by atoms with Gasteiger partial charge in [0, 0.05) is 12.5 Å². The van der Waals surface area contributed by atoms with Gasteiger partial charge < -0.3 is 14.7 Å². The van der Waals surface area contributed by atoms with Crippen LogP contribution < -0.4 is 4.74 Å². The summed E-state index contributed by atoms with van der Waals surface area (Å²) in [6.45, 7) is 3.00. The van der Waals surface area contributed by atoms with E-state index in [4.69, 9.17) is 4.74 Å². The van der Waals surface area contributed by atoms with E-state index < -0.39 is 5.60 Å². The van der Waals surface area contributed by atoms with E-state index in [0.717, 1.165) is 29.8 Å². The van der Waals surface area contributed by atoms with Gasteiger partial charge in [-0.25, -0.2) is 0 Å². The van der Waals surface area contributed by atoms with Gasteiger partial charge in [-0.2, -0.15) is 0 Å². The van der Waals surface area contributed by atoms with Crippen molar-refractivity contribution in [1.82, 2.24) is 4.90 Å². The van der Waals surface area contributed by atoms with Crippen LogP contribution in [0, 0.1) is 24.7 Å². The summed E-state index contributed by atoms with van der Waals surface area (Å²) < 4.78 is 5.49. The average Bonchev–Trinajstić information content (AvgIpc) is 2.87. The number of aliphatic hydroxyl groups is 1. The number of methoxy groups -OCH3 is 1. The lowest BCUT2D eigenvalue weighted by Gasteiger charge is -2.45. The molecule has 4 heteroatoms. The molecule has 0 aromatic heterocycles. The summed E-state index contributed by atoms with van der Waals surface area (Å²) in [5.41, 5.74) is 1.45. The molecular weight excluding hydrogens is 310 g/mol. The molecule has 1 aromatic carbocycles. The van der Waals surface area contributed by atoms with Gasteiger partial charge >= 0.3 is 0 Å². The van der Waals surface area contributed by atoms with Gasteiger partial charge in [-0.05, 0) is 69.3 Å². The SMILES string of the molecule is COc1cc(C2(O)CC3CCC(C3)C2CN(C)C)ccc1C.Cl. The highest BCUT2D eigenvalue weighted by molar-refractivity contribution is 5.85. The number of benzene rings is 1. The molecule has 2 fully saturated rings. The normalized spacial score (nSPS) is 32.7. The second kappa shape index (κ2) is 7.00. The van der Waals surface area contributed by atoms with Crippen molar-refractivity contribution in [2.24, 2.45) is 17.8 Å². The highest BCUT2D eigenvalue weighted by Crippen LogP contribution is 2.54. The zero-order chi connectivity index (χ0) is 15.9. The molecule has 2 aliphatic rings. The van der Waals surface area contributed by atoms with Gasteiger partial charge in [0.2, 0.25) is 0 Å². The fraction of sp³-hybridized carbons (Fsp3) is 0.684. The Kier molecular flexibility index (Phi) is 5.65. The number of fused-ring (bicyclic) bond motifs is 2. The van der Waals surface area contributed by atoms with E-state index in [1.54, 1.807) is 7.11 Å². The van der Waals surface area contributed by atoms with Crippen LogP contribution in [0.2, 0.25) is 0 Å². The summed E-state index contributed by atoms with van der Waals surface area (Å²) in [6, 6.07) is 6.24. The zero-order valence-corrected chi connectivity index (χ0v) is 15.5. The standard InChI is InChI=1S/C19H29NO2.ClH/c1-13-5-8-16(10-18(13)22-4)19(21)11-14-6-7-15(9-14)17(19)12-20(2)3;/h5,8,10,14-15,17,21H,6-7,9,11-12H2,1-4H3;1H. The molecule has 1 aromatic rings. The predicted octanol–water partition coefficient (Wildman–Crippen LogP) is 3.61. The Morgan fingerprint density at radius 1 is 1.30 bits per heavy atom. The minimum absolute atomic E-state index is 0. The molecule has 4 atom stereocenters. The molecular formula is C19H30ClNO2. The first-order chi connectivity index (χ1) is 10.4. The molecule has 2 saturated carbocycles. The Labute approximate surface area is 146 Å². The van der Waals surface area contributed by atoms with Crippen LogP contribution in [0.15, 0.2) is 18.2 Å². The molecule has 0 heterocycles. The van der Waals surface area contributed by atoms with Crippen molar-refractivity contribution in [3.05, 3.63) is 29.3 Å². The molecule has 3 rings (SSSR count). The number of hydrogen-bond donors (Lipinski definition) is 1. The summed E-state index contributed by atoms with van der Waals surface area (Å²) >= 11 is 0. The molecule has 130 valence electrons. The van der Waals surface area contributed by atoms with Crippen molar-refractivity contribution < 1.29 is 9.84 Å². The van der Waals surface area contributed by atoms with Crippen molar-refractivity contribution >= 4 is 12.4 Å². The maximum absolute atomic E-state index is 11.7. The number of rotatable bonds is 4. The van der Waals surface area contributed by atoms with Crippen molar-refractivity contribution in [3.8, 4) is 5.75 Å². The lowest BCUT2D eigenvalue weighted by atomic mass is 9.66. The zero-order valence-electron chi connectivity index (χ0n) is 14.7. The molecule has 2 bridgehead atoms. The highest BCUT2D eigenvalue weighted by Gasteiger charge is 2.51. The molecule has 23 heavy (non-hydrogen) atoms. The van der Waals surface area contributed by atoms with Crippen molar-refractivity contribution in [3.63, 3.8) is 0 Å². The number of aryl methyl sites for hydroxylation is 1. The van der Waals surface area contributed by atoms with Crippen LogP contribution in [-0.4, -0.2) is 37.8 Å². The number of hydrogen-bond acceptors (Lipinski definition) is 3.